The first-order chi connectivity index (χ1) is 16.6. The lowest BCUT2D eigenvalue weighted by molar-refractivity contribution is -0.166. The first-order valence-corrected chi connectivity index (χ1v) is 12.0. The van der Waals surface area contributed by atoms with Gasteiger partial charge in [0, 0.05) is 25.9 Å². The van der Waals surface area contributed by atoms with Crippen molar-refractivity contribution >= 4 is 35.8 Å². The number of carbonyl (C=O) groups excluding carboxylic acids is 4. The molecular formula is C22H41N7O6. The summed E-state index contributed by atoms with van der Waals surface area (Å²) in [6.45, 7) is 1.13. The van der Waals surface area contributed by atoms with Crippen LogP contribution in [-0.2, 0) is 28.7 Å². The van der Waals surface area contributed by atoms with Crippen molar-refractivity contribution in [2.24, 2.45) is 38.7 Å². The molecule has 0 radical (unpaired) electrons. The molecule has 1 atom stereocenters. The van der Waals surface area contributed by atoms with E-state index >= 15 is 0 Å². The minimum atomic E-state index is -1.39. The molecule has 0 aromatic rings. The number of unbranched alkanes of at least 4 members (excludes halogenated alkanes) is 8. The number of hydrogen-bond acceptors (Lipinski definition) is 9. The monoisotopic (exact) mass is 499 g/mol. The van der Waals surface area contributed by atoms with Crippen LogP contribution in [0.4, 0.5) is 0 Å². The van der Waals surface area contributed by atoms with E-state index in [2.05, 4.69) is 19.5 Å². The summed E-state index contributed by atoms with van der Waals surface area (Å²) >= 11 is 0. The lowest BCUT2D eigenvalue weighted by Gasteiger charge is -2.10. The maximum Gasteiger partial charge on any atom is 0.331 e. The van der Waals surface area contributed by atoms with Crippen LogP contribution in [0.15, 0.2) is 9.98 Å². The lowest BCUT2D eigenvalue weighted by Crippen LogP contribution is -2.36. The molecule has 0 aliphatic carbocycles. The molecule has 0 bridgehead atoms. The minimum absolute atomic E-state index is 0.0591. The Morgan fingerprint density at radius 3 is 1.43 bits per heavy atom. The highest BCUT2D eigenvalue weighted by Gasteiger charge is 2.23. The Balaban J connectivity index is 3.86. The molecule has 0 aromatic carbocycles. The van der Waals surface area contributed by atoms with Crippen LogP contribution in [0.2, 0.25) is 0 Å². The molecule has 35 heavy (non-hydrogen) atoms. The van der Waals surface area contributed by atoms with Crippen molar-refractivity contribution in [1.82, 2.24) is 0 Å². The molecule has 0 aliphatic heterocycles. The fourth-order valence-corrected chi connectivity index (χ4v) is 2.96. The van der Waals surface area contributed by atoms with Gasteiger partial charge in [0.2, 0.25) is 0 Å². The molecule has 200 valence electrons. The molecule has 0 amide bonds. The smallest absolute Gasteiger partial charge is 0.331 e. The molecule has 0 aromatic heterocycles. The minimum Gasteiger partial charge on any atom is -0.393 e. The zero-order valence-corrected chi connectivity index (χ0v) is 20.4. The summed E-state index contributed by atoms with van der Waals surface area (Å²) in [7, 11) is 0. The van der Waals surface area contributed by atoms with Gasteiger partial charge < -0.3 is 38.1 Å². The van der Waals surface area contributed by atoms with Gasteiger partial charge in [0.15, 0.2) is 11.9 Å². The predicted molar refractivity (Wildman–Crippen MR) is 132 cm³/mol. The van der Waals surface area contributed by atoms with Crippen molar-refractivity contribution in [2.75, 3.05) is 13.1 Å². The van der Waals surface area contributed by atoms with E-state index < -0.39 is 36.3 Å². The fourth-order valence-electron chi connectivity index (χ4n) is 2.96. The van der Waals surface area contributed by atoms with Crippen LogP contribution in [-0.4, -0.2) is 54.9 Å². The van der Waals surface area contributed by atoms with Gasteiger partial charge in [0.05, 0.1) is 6.42 Å². The van der Waals surface area contributed by atoms with Crippen molar-refractivity contribution in [3.63, 3.8) is 0 Å². The molecule has 0 saturated carbocycles. The summed E-state index contributed by atoms with van der Waals surface area (Å²) in [6.07, 6.45) is 7.57. The Morgan fingerprint density at radius 1 is 0.571 bits per heavy atom. The molecule has 13 nitrogen and oxygen atoms in total. The Kier molecular flexibility index (Phi) is 18.3. The van der Waals surface area contributed by atoms with Gasteiger partial charge in [-0.3, -0.25) is 24.4 Å². The van der Waals surface area contributed by atoms with E-state index in [1.807, 2.05) is 0 Å². The second kappa shape index (κ2) is 20.2. The van der Waals surface area contributed by atoms with Crippen LogP contribution in [0, 0.1) is 0 Å². The van der Waals surface area contributed by atoms with Gasteiger partial charge in [0.25, 0.3) is 0 Å². The number of esters is 4. The van der Waals surface area contributed by atoms with E-state index in [0.29, 0.717) is 25.9 Å². The highest BCUT2D eigenvalue weighted by atomic mass is 16.6. The average molecular weight is 500 g/mol. The highest BCUT2D eigenvalue weighted by Crippen LogP contribution is 2.09. The van der Waals surface area contributed by atoms with Crippen LogP contribution in [0.25, 0.3) is 0 Å². The quantitative estimate of drug-likeness (QED) is 0.0523. The van der Waals surface area contributed by atoms with E-state index in [1.165, 1.54) is 0 Å². The molecule has 0 spiro atoms. The Morgan fingerprint density at radius 2 is 0.971 bits per heavy atom. The first-order valence-electron chi connectivity index (χ1n) is 12.0. The van der Waals surface area contributed by atoms with Crippen LogP contribution >= 0.6 is 0 Å². The topological polar surface area (TPSA) is 242 Å². The fraction of sp³-hybridized carbons (Fsp3) is 0.727. The lowest BCUT2D eigenvalue weighted by atomic mass is 10.1. The van der Waals surface area contributed by atoms with Gasteiger partial charge in [0.1, 0.15) is 6.04 Å². The normalized spacial score (nSPS) is 11.2. The molecule has 10 N–H and O–H groups in total. The molecule has 0 saturated heterocycles. The summed E-state index contributed by atoms with van der Waals surface area (Å²) < 4.78 is 9.32. The third-order valence-corrected chi connectivity index (χ3v) is 4.80. The summed E-state index contributed by atoms with van der Waals surface area (Å²) in [6, 6.07) is -1.39. The number of guanidine groups is 2. The molecular weight excluding hydrogens is 458 g/mol. The number of nitrogens with two attached hydrogens (primary N) is 5. The molecule has 0 rings (SSSR count). The average Bonchev–Trinajstić information content (AvgIpc) is 2.76. The number of aliphatic imine (C=N–C) groups is 2. The highest BCUT2D eigenvalue weighted by molar-refractivity contribution is 5.92. The van der Waals surface area contributed by atoms with Gasteiger partial charge in [-0.1, -0.05) is 38.5 Å². The largest absolute Gasteiger partial charge is 0.393 e. The first kappa shape index (κ1) is 31.8. The van der Waals surface area contributed by atoms with Crippen LogP contribution in [0.1, 0.15) is 83.5 Å². The van der Waals surface area contributed by atoms with Gasteiger partial charge >= 0.3 is 23.9 Å². The van der Waals surface area contributed by atoms with Crippen molar-refractivity contribution in [3.8, 4) is 0 Å². The summed E-state index contributed by atoms with van der Waals surface area (Å²) in [5.74, 6) is -3.24. The molecule has 0 unspecified atom stereocenters. The zero-order valence-electron chi connectivity index (χ0n) is 20.4. The van der Waals surface area contributed by atoms with Gasteiger partial charge in [-0.15, -0.1) is 0 Å². The molecule has 0 aliphatic rings. The number of hydrogen-bond donors (Lipinski definition) is 5. The maximum absolute atomic E-state index is 11.9. The van der Waals surface area contributed by atoms with Gasteiger partial charge in [-0.2, -0.15) is 0 Å². The standard InChI is InChI=1S/C22H41N7O6/c23-16(20(33)35-18(31)12-8-4-2-6-10-14-29-22(26)27)15-19(32)34-17(30)11-7-3-1-5-9-13-28-21(24)25/h16H,1-15,23H2,(H4,24,25,28)(H4,26,27,29)/t16-/m0/s1. The Bertz CT molecular complexity index is 719. The summed E-state index contributed by atoms with van der Waals surface area (Å²) in [5, 5.41) is 0. The summed E-state index contributed by atoms with van der Waals surface area (Å²) in [5.41, 5.74) is 26.5. The van der Waals surface area contributed by atoms with E-state index in [4.69, 9.17) is 28.7 Å². The van der Waals surface area contributed by atoms with Crippen molar-refractivity contribution in [2.45, 2.75) is 89.5 Å². The number of nitrogens with zero attached hydrogens (tertiary/aromatic N) is 2. The SMILES string of the molecule is NC(N)=NCCCCCCCC(=O)OC(=O)C[C@H](N)C(=O)OC(=O)CCCCCCCN=C(N)N. The second-order valence-electron chi connectivity index (χ2n) is 8.10. The van der Waals surface area contributed by atoms with Crippen LogP contribution in [0.5, 0.6) is 0 Å². The van der Waals surface area contributed by atoms with Gasteiger partial charge in [-0.05, 0) is 25.7 Å². The molecule has 0 fully saturated rings. The number of rotatable bonds is 19. The third kappa shape index (κ3) is 21.1. The third-order valence-electron chi connectivity index (χ3n) is 4.80. The van der Waals surface area contributed by atoms with Gasteiger partial charge in [-0.25, -0.2) is 4.79 Å². The van der Waals surface area contributed by atoms with Crippen LogP contribution in [0.3, 0.4) is 0 Å². The predicted octanol–water partition coefficient (Wildman–Crippen LogP) is 0.0714. The van der Waals surface area contributed by atoms with Crippen molar-refractivity contribution < 1.29 is 28.7 Å². The number of ether oxygens (including phenoxy) is 2. The Labute approximate surface area is 206 Å². The molecule has 13 heteroatoms. The molecule has 0 heterocycles. The Hall–Kier alpha value is -3.22. The van der Waals surface area contributed by atoms with Crippen LogP contribution < -0.4 is 28.7 Å². The van der Waals surface area contributed by atoms with Crippen molar-refractivity contribution in [1.29, 1.82) is 0 Å². The summed E-state index contributed by atoms with van der Waals surface area (Å²) in [4.78, 5) is 54.9. The van der Waals surface area contributed by atoms with E-state index in [9.17, 15) is 19.2 Å². The maximum atomic E-state index is 11.9. The number of carbonyl (C=O) groups is 4. The van der Waals surface area contributed by atoms with E-state index in [-0.39, 0.29) is 24.8 Å². The zero-order chi connectivity index (χ0) is 26.5. The van der Waals surface area contributed by atoms with E-state index in [0.717, 1.165) is 51.4 Å². The van der Waals surface area contributed by atoms with E-state index in [1.54, 1.807) is 0 Å². The second-order valence-corrected chi connectivity index (χ2v) is 8.10. The van der Waals surface area contributed by atoms with Crippen molar-refractivity contribution in [3.05, 3.63) is 0 Å².